The van der Waals surface area contributed by atoms with Gasteiger partial charge in [-0.3, -0.25) is 4.99 Å². The summed E-state index contributed by atoms with van der Waals surface area (Å²) in [4.78, 5) is 4.19. The summed E-state index contributed by atoms with van der Waals surface area (Å²) in [7, 11) is 3.51. The lowest BCUT2D eigenvalue weighted by Gasteiger charge is -2.11. The van der Waals surface area contributed by atoms with Crippen molar-refractivity contribution >= 4 is 5.96 Å². The Morgan fingerprint density at radius 1 is 1.26 bits per heavy atom. The predicted molar refractivity (Wildman–Crippen MR) is 80.7 cm³/mol. The average Bonchev–Trinajstić information content (AvgIpc) is 2.41. The first-order valence-electron chi connectivity index (χ1n) is 6.75. The lowest BCUT2D eigenvalue weighted by Crippen LogP contribution is -2.39. The zero-order valence-electron chi connectivity index (χ0n) is 12.2. The van der Waals surface area contributed by atoms with Crippen LogP contribution >= 0.6 is 0 Å². The first kappa shape index (κ1) is 15.5. The van der Waals surface area contributed by atoms with Crippen molar-refractivity contribution in [1.82, 2.24) is 10.6 Å². The summed E-state index contributed by atoms with van der Waals surface area (Å²) >= 11 is 0. The Kier molecular flexibility index (Phi) is 7.66. The number of methoxy groups -OCH3 is 1. The molecule has 0 radical (unpaired) electrons. The van der Waals surface area contributed by atoms with Crippen LogP contribution in [0.15, 0.2) is 29.3 Å². The third kappa shape index (κ3) is 6.82. The molecule has 0 bridgehead atoms. The lowest BCUT2D eigenvalue weighted by atomic mass is 10.1. The van der Waals surface area contributed by atoms with E-state index in [9.17, 15) is 0 Å². The van der Waals surface area contributed by atoms with Crippen LogP contribution in [0.1, 0.15) is 17.5 Å². The molecule has 1 aromatic rings. The molecule has 0 aliphatic heterocycles. The van der Waals surface area contributed by atoms with Gasteiger partial charge in [0.1, 0.15) is 0 Å². The molecule has 0 aliphatic rings. The first-order chi connectivity index (χ1) is 9.26. The molecule has 0 heterocycles. The molecule has 2 N–H and O–H groups in total. The Labute approximate surface area is 116 Å². The van der Waals surface area contributed by atoms with Gasteiger partial charge in [-0.15, -0.1) is 0 Å². The van der Waals surface area contributed by atoms with E-state index in [1.807, 2.05) is 0 Å². The summed E-state index contributed by atoms with van der Waals surface area (Å²) < 4.78 is 5.01. The minimum Gasteiger partial charge on any atom is -0.385 e. The van der Waals surface area contributed by atoms with E-state index in [-0.39, 0.29) is 0 Å². The number of rotatable bonds is 7. The van der Waals surface area contributed by atoms with E-state index >= 15 is 0 Å². The molecule has 0 saturated heterocycles. The second kappa shape index (κ2) is 9.39. The van der Waals surface area contributed by atoms with E-state index in [1.54, 1.807) is 14.2 Å². The molecule has 4 nitrogen and oxygen atoms in total. The number of guanidine groups is 1. The Bertz CT molecular complexity index is 391. The molecule has 19 heavy (non-hydrogen) atoms. The van der Waals surface area contributed by atoms with Crippen molar-refractivity contribution in [3.63, 3.8) is 0 Å². The fourth-order valence-corrected chi connectivity index (χ4v) is 1.84. The largest absolute Gasteiger partial charge is 0.385 e. The van der Waals surface area contributed by atoms with E-state index in [4.69, 9.17) is 4.74 Å². The van der Waals surface area contributed by atoms with Gasteiger partial charge in [-0.1, -0.05) is 29.8 Å². The van der Waals surface area contributed by atoms with Crippen LogP contribution in [0.3, 0.4) is 0 Å². The average molecular weight is 263 g/mol. The van der Waals surface area contributed by atoms with E-state index in [2.05, 4.69) is 46.8 Å². The number of nitrogens with one attached hydrogen (secondary N) is 2. The van der Waals surface area contributed by atoms with E-state index < -0.39 is 0 Å². The minimum absolute atomic E-state index is 0.771. The summed E-state index contributed by atoms with van der Waals surface area (Å²) in [5.74, 6) is 0.851. The van der Waals surface area contributed by atoms with Crippen LogP contribution in [0.4, 0.5) is 0 Å². The number of aliphatic imine (C=N–C) groups is 1. The van der Waals surface area contributed by atoms with Crippen molar-refractivity contribution in [2.75, 3.05) is 33.9 Å². The third-order valence-corrected chi connectivity index (χ3v) is 2.83. The quantitative estimate of drug-likeness (QED) is 0.447. The molecule has 4 heteroatoms. The highest BCUT2D eigenvalue weighted by Crippen LogP contribution is 2.03. The van der Waals surface area contributed by atoms with Crippen molar-refractivity contribution in [2.24, 2.45) is 4.99 Å². The number of hydrogen-bond donors (Lipinski definition) is 2. The second-order valence-corrected chi connectivity index (χ2v) is 4.51. The van der Waals surface area contributed by atoms with Gasteiger partial charge in [0.15, 0.2) is 5.96 Å². The smallest absolute Gasteiger partial charge is 0.190 e. The van der Waals surface area contributed by atoms with Gasteiger partial charge in [-0.25, -0.2) is 0 Å². The van der Waals surface area contributed by atoms with Gasteiger partial charge in [0.25, 0.3) is 0 Å². The van der Waals surface area contributed by atoms with Crippen molar-refractivity contribution in [1.29, 1.82) is 0 Å². The van der Waals surface area contributed by atoms with Gasteiger partial charge in [-0.2, -0.15) is 0 Å². The number of hydrogen-bond acceptors (Lipinski definition) is 2. The Morgan fingerprint density at radius 2 is 2.05 bits per heavy atom. The highest BCUT2D eigenvalue weighted by molar-refractivity contribution is 5.79. The van der Waals surface area contributed by atoms with Gasteiger partial charge in [0, 0.05) is 33.9 Å². The Hall–Kier alpha value is -1.55. The summed E-state index contributed by atoms with van der Waals surface area (Å²) in [5, 5.41) is 6.57. The molecule has 0 atom stereocenters. The van der Waals surface area contributed by atoms with Gasteiger partial charge in [-0.05, 0) is 25.3 Å². The number of aryl methyl sites for hydroxylation is 1. The molecule has 1 aromatic carbocycles. The summed E-state index contributed by atoms with van der Waals surface area (Å²) in [6, 6.07) is 8.59. The zero-order valence-corrected chi connectivity index (χ0v) is 12.2. The van der Waals surface area contributed by atoms with Crippen LogP contribution in [0.2, 0.25) is 0 Å². The summed E-state index contributed by atoms with van der Waals surface area (Å²) in [5.41, 5.74) is 2.65. The van der Waals surface area contributed by atoms with E-state index in [0.29, 0.717) is 0 Å². The first-order valence-corrected chi connectivity index (χ1v) is 6.75. The molecular formula is C15H25N3O. The Balaban J connectivity index is 2.22. The predicted octanol–water partition coefficient (Wildman–Crippen LogP) is 1.74. The van der Waals surface area contributed by atoms with Crippen LogP contribution in [-0.4, -0.2) is 39.8 Å². The monoisotopic (exact) mass is 263 g/mol. The molecule has 0 aromatic heterocycles. The van der Waals surface area contributed by atoms with Gasteiger partial charge >= 0.3 is 0 Å². The van der Waals surface area contributed by atoms with Crippen molar-refractivity contribution in [3.05, 3.63) is 35.4 Å². The molecular weight excluding hydrogens is 238 g/mol. The molecule has 0 saturated carbocycles. The highest BCUT2D eigenvalue weighted by Gasteiger charge is 1.97. The van der Waals surface area contributed by atoms with Crippen molar-refractivity contribution in [2.45, 2.75) is 19.8 Å². The zero-order chi connectivity index (χ0) is 13.9. The summed E-state index contributed by atoms with van der Waals surface area (Å²) in [6.45, 7) is 4.64. The molecule has 0 unspecified atom stereocenters. The minimum atomic E-state index is 0.771. The molecule has 1 rings (SSSR count). The molecule has 0 spiro atoms. The van der Waals surface area contributed by atoms with Crippen LogP contribution in [0.25, 0.3) is 0 Å². The molecule has 106 valence electrons. The maximum atomic E-state index is 5.01. The maximum absolute atomic E-state index is 5.01. The SMILES string of the molecule is CN=C(NCCCOC)NCCc1cccc(C)c1. The van der Waals surface area contributed by atoms with Gasteiger partial charge in [0.2, 0.25) is 0 Å². The summed E-state index contributed by atoms with van der Waals surface area (Å²) in [6.07, 6.45) is 1.98. The molecule has 0 amide bonds. The topological polar surface area (TPSA) is 45.7 Å². The molecule has 0 aliphatic carbocycles. The van der Waals surface area contributed by atoms with Gasteiger partial charge < -0.3 is 15.4 Å². The maximum Gasteiger partial charge on any atom is 0.190 e. The second-order valence-electron chi connectivity index (χ2n) is 4.51. The highest BCUT2D eigenvalue weighted by atomic mass is 16.5. The standard InChI is InChI=1S/C15H25N3O/c1-13-6-4-7-14(12-13)8-10-18-15(16-2)17-9-5-11-19-3/h4,6-7,12H,5,8-11H2,1-3H3,(H2,16,17,18). The van der Waals surface area contributed by atoms with Crippen LogP contribution in [0, 0.1) is 6.92 Å². The van der Waals surface area contributed by atoms with Crippen LogP contribution in [-0.2, 0) is 11.2 Å². The number of ether oxygens (including phenoxy) is 1. The lowest BCUT2D eigenvalue weighted by molar-refractivity contribution is 0.195. The van der Waals surface area contributed by atoms with E-state index in [0.717, 1.165) is 38.5 Å². The van der Waals surface area contributed by atoms with E-state index in [1.165, 1.54) is 11.1 Å². The van der Waals surface area contributed by atoms with Crippen molar-refractivity contribution < 1.29 is 4.74 Å². The Morgan fingerprint density at radius 3 is 2.74 bits per heavy atom. The number of benzene rings is 1. The number of nitrogens with zero attached hydrogens (tertiary/aromatic N) is 1. The normalized spacial score (nSPS) is 11.4. The fraction of sp³-hybridized carbons (Fsp3) is 0.533. The van der Waals surface area contributed by atoms with Crippen LogP contribution in [0.5, 0.6) is 0 Å². The fourth-order valence-electron chi connectivity index (χ4n) is 1.84. The third-order valence-electron chi connectivity index (χ3n) is 2.83. The van der Waals surface area contributed by atoms with Crippen molar-refractivity contribution in [3.8, 4) is 0 Å². The van der Waals surface area contributed by atoms with Gasteiger partial charge in [0.05, 0.1) is 0 Å². The molecule has 0 fully saturated rings. The van der Waals surface area contributed by atoms with Crippen LogP contribution < -0.4 is 10.6 Å².